The Morgan fingerprint density at radius 3 is 2.38 bits per heavy atom. The number of nitrogens with one attached hydrogen (secondary N) is 1. The van der Waals surface area contributed by atoms with Crippen LogP contribution in [0, 0.1) is 11.8 Å². The molecule has 2 rings (SSSR count). The Balaban J connectivity index is 2.08. The Bertz CT molecular complexity index is 225. The molecule has 2 fully saturated rings. The van der Waals surface area contributed by atoms with Crippen molar-refractivity contribution < 1.29 is 0 Å². The first-order chi connectivity index (χ1) is 7.67. The molecule has 2 saturated carbocycles. The summed E-state index contributed by atoms with van der Waals surface area (Å²) in [5, 5.41) is 3.57. The molecule has 94 valence electrons. The van der Waals surface area contributed by atoms with Crippen LogP contribution in [0.2, 0.25) is 0 Å². The fraction of sp³-hybridized carbons (Fsp3) is 1.00. The van der Waals surface area contributed by atoms with Gasteiger partial charge in [-0.25, -0.2) is 0 Å². The third-order valence-corrected chi connectivity index (χ3v) is 4.56. The summed E-state index contributed by atoms with van der Waals surface area (Å²) in [6.45, 7) is 8.42. The van der Waals surface area contributed by atoms with Crippen molar-refractivity contribution in [2.75, 3.05) is 13.6 Å². The molecule has 4 atom stereocenters. The van der Waals surface area contributed by atoms with Gasteiger partial charge in [-0.05, 0) is 51.1 Å². The fourth-order valence-corrected chi connectivity index (χ4v) is 3.81. The maximum atomic E-state index is 3.57. The van der Waals surface area contributed by atoms with E-state index in [4.69, 9.17) is 0 Å². The van der Waals surface area contributed by atoms with Crippen molar-refractivity contribution in [3.05, 3.63) is 0 Å². The molecule has 2 aliphatic carbocycles. The highest BCUT2D eigenvalue weighted by atomic mass is 15.2. The van der Waals surface area contributed by atoms with Crippen LogP contribution < -0.4 is 5.32 Å². The quantitative estimate of drug-likeness (QED) is 0.789. The van der Waals surface area contributed by atoms with Gasteiger partial charge < -0.3 is 5.32 Å². The van der Waals surface area contributed by atoms with E-state index in [1.165, 1.54) is 32.2 Å². The number of nitrogens with zero attached hydrogens (tertiary/aromatic N) is 1. The van der Waals surface area contributed by atoms with Gasteiger partial charge in [0.25, 0.3) is 0 Å². The van der Waals surface area contributed by atoms with E-state index >= 15 is 0 Å². The van der Waals surface area contributed by atoms with Crippen molar-refractivity contribution in [3.63, 3.8) is 0 Å². The van der Waals surface area contributed by atoms with Crippen LogP contribution in [-0.4, -0.2) is 36.6 Å². The molecule has 16 heavy (non-hydrogen) atoms. The molecule has 0 bridgehead atoms. The van der Waals surface area contributed by atoms with E-state index in [1.807, 2.05) is 0 Å². The Hall–Kier alpha value is -0.0800. The van der Waals surface area contributed by atoms with Gasteiger partial charge in [-0.3, -0.25) is 4.90 Å². The van der Waals surface area contributed by atoms with E-state index in [0.717, 1.165) is 23.9 Å². The second-order valence-corrected chi connectivity index (χ2v) is 6.00. The van der Waals surface area contributed by atoms with Crippen LogP contribution in [-0.2, 0) is 0 Å². The standard InChI is InChI=1S/C14H28N2/c1-5-16(12-6-7-12)14-11(3)8-10(2)9-13(14)15-4/h10-15H,5-9H2,1-4H3. The monoisotopic (exact) mass is 224 g/mol. The average molecular weight is 224 g/mol. The van der Waals surface area contributed by atoms with E-state index < -0.39 is 0 Å². The predicted octanol–water partition coefficient (Wildman–Crippen LogP) is 2.49. The minimum Gasteiger partial charge on any atom is -0.315 e. The minimum atomic E-state index is 0.708. The smallest absolute Gasteiger partial charge is 0.0277 e. The van der Waals surface area contributed by atoms with Gasteiger partial charge in [0.2, 0.25) is 0 Å². The molecule has 0 aliphatic heterocycles. The van der Waals surface area contributed by atoms with Crippen molar-refractivity contribution in [1.29, 1.82) is 0 Å². The molecule has 0 spiro atoms. The van der Waals surface area contributed by atoms with E-state index in [9.17, 15) is 0 Å². The molecule has 0 aromatic heterocycles. The molecular formula is C14H28N2. The molecule has 2 heteroatoms. The topological polar surface area (TPSA) is 15.3 Å². The molecular weight excluding hydrogens is 196 g/mol. The molecule has 4 unspecified atom stereocenters. The molecule has 0 aromatic carbocycles. The van der Waals surface area contributed by atoms with Crippen molar-refractivity contribution >= 4 is 0 Å². The van der Waals surface area contributed by atoms with Crippen LogP contribution in [0.15, 0.2) is 0 Å². The van der Waals surface area contributed by atoms with Crippen molar-refractivity contribution in [2.24, 2.45) is 11.8 Å². The van der Waals surface area contributed by atoms with Gasteiger partial charge in [-0.1, -0.05) is 20.8 Å². The summed E-state index contributed by atoms with van der Waals surface area (Å²) in [6.07, 6.45) is 5.63. The molecule has 0 amide bonds. The molecule has 1 N–H and O–H groups in total. The van der Waals surface area contributed by atoms with Gasteiger partial charge in [0.1, 0.15) is 0 Å². The number of hydrogen-bond donors (Lipinski definition) is 1. The summed E-state index contributed by atoms with van der Waals surface area (Å²) in [5.74, 6) is 1.74. The lowest BCUT2D eigenvalue weighted by Crippen LogP contribution is -2.56. The van der Waals surface area contributed by atoms with Crippen LogP contribution in [0.3, 0.4) is 0 Å². The van der Waals surface area contributed by atoms with Gasteiger partial charge in [0.15, 0.2) is 0 Å². The first-order valence-electron chi connectivity index (χ1n) is 7.10. The second kappa shape index (κ2) is 5.05. The van der Waals surface area contributed by atoms with E-state index in [-0.39, 0.29) is 0 Å². The van der Waals surface area contributed by atoms with Gasteiger partial charge in [0, 0.05) is 18.1 Å². The molecule has 2 nitrogen and oxygen atoms in total. The Labute approximate surface area is 101 Å². The van der Waals surface area contributed by atoms with Crippen LogP contribution in [0.1, 0.15) is 46.5 Å². The zero-order chi connectivity index (χ0) is 11.7. The molecule has 2 aliphatic rings. The number of likely N-dealkylation sites (N-methyl/N-ethyl adjacent to an activating group) is 2. The maximum absolute atomic E-state index is 3.57. The Morgan fingerprint density at radius 1 is 1.19 bits per heavy atom. The second-order valence-electron chi connectivity index (χ2n) is 6.00. The lowest BCUT2D eigenvalue weighted by molar-refractivity contribution is 0.0619. The van der Waals surface area contributed by atoms with Crippen LogP contribution >= 0.6 is 0 Å². The summed E-state index contributed by atoms with van der Waals surface area (Å²) in [4.78, 5) is 2.78. The van der Waals surface area contributed by atoms with Gasteiger partial charge >= 0.3 is 0 Å². The zero-order valence-corrected chi connectivity index (χ0v) is 11.4. The first-order valence-corrected chi connectivity index (χ1v) is 7.10. The largest absolute Gasteiger partial charge is 0.315 e. The van der Waals surface area contributed by atoms with E-state index in [1.54, 1.807) is 0 Å². The van der Waals surface area contributed by atoms with E-state index in [0.29, 0.717) is 6.04 Å². The zero-order valence-electron chi connectivity index (χ0n) is 11.4. The van der Waals surface area contributed by atoms with E-state index in [2.05, 4.69) is 38.0 Å². The van der Waals surface area contributed by atoms with Gasteiger partial charge in [0.05, 0.1) is 0 Å². The van der Waals surface area contributed by atoms with Crippen LogP contribution in [0.25, 0.3) is 0 Å². The lowest BCUT2D eigenvalue weighted by atomic mass is 9.75. The SMILES string of the molecule is CCN(C1CC1)C1C(C)CC(C)CC1NC. The summed E-state index contributed by atoms with van der Waals surface area (Å²) in [5.41, 5.74) is 0. The highest BCUT2D eigenvalue weighted by molar-refractivity contribution is 4.98. The highest BCUT2D eigenvalue weighted by Gasteiger charge is 2.41. The average Bonchev–Trinajstić information content (AvgIpc) is 3.05. The van der Waals surface area contributed by atoms with Crippen LogP contribution in [0.5, 0.6) is 0 Å². The summed E-state index contributed by atoms with van der Waals surface area (Å²) < 4.78 is 0. The molecule has 0 heterocycles. The summed E-state index contributed by atoms with van der Waals surface area (Å²) >= 11 is 0. The Kier molecular flexibility index (Phi) is 3.91. The fourth-order valence-electron chi connectivity index (χ4n) is 3.81. The lowest BCUT2D eigenvalue weighted by Gasteiger charge is -2.45. The van der Waals surface area contributed by atoms with Gasteiger partial charge in [-0.15, -0.1) is 0 Å². The third kappa shape index (κ3) is 2.43. The number of hydrogen-bond acceptors (Lipinski definition) is 2. The molecule has 0 radical (unpaired) electrons. The third-order valence-electron chi connectivity index (χ3n) is 4.56. The molecule has 0 aromatic rings. The van der Waals surface area contributed by atoms with Crippen molar-refractivity contribution in [3.8, 4) is 0 Å². The van der Waals surface area contributed by atoms with Crippen LogP contribution in [0.4, 0.5) is 0 Å². The highest BCUT2D eigenvalue weighted by Crippen LogP contribution is 2.37. The predicted molar refractivity (Wildman–Crippen MR) is 69.6 cm³/mol. The van der Waals surface area contributed by atoms with Gasteiger partial charge in [-0.2, -0.15) is 0 Å². The van der Waals surface area contributed by atoms with Crippen molar-refractivity contribution in [2.45, 2.75) is 64.6 Å². The summed E-state index contributed by atoms with van der Waals surface area (Å²) in [6, 6.07) is 2.39. The van der Waals surface area contributed by atoms with Crippen molar-refractivity contribution in [1.82, 2.24) is 10.2 Å². The maximum Gasteiger partial charge on any atom is 0.0277 e. The first kappa shape index (κ1) is 12.4. The summed E-state index contributed by atoms with van der Waals surface area (Å²) in [7, 11) is 2.14. The normalized spacial score (nSPS) is 40.3. The minimum absolute atomic E-state index is 0.708. The number of rotatable bonds is 4. The Morgan fingerprint density at radius 2 is 1.88 bits per heavy atom. The molecule has 0 saturated heterocycles.